The van der Waals surface area contributed by atoms with Gasteiger partial charge in [0.05, 0.1) is 12.2 Å². The maximum absolute atomic E-state index is 12.5. The van der Waals surface area contributed by atoms with Gasteiger partial charge >= 0.3 is 0 Å². The quantitative estimate of drug-likeness (QED) is 0.803. The Morgan fingerprint density at radius 3 is 2.73 bits per heavy atom. The lowest BCUT2D eigenvalue weighted by atomic mass is 10.1. The van der Waals surface area contributed by atoms with E-state index in [0.29, 0.717) is 25.6 Å². The lowest BCUT2D eigenvalue weighted by molar-refractivity contribution is -0.132. The lowest BCUT2D eigenvalue weighted by Gasteiger charge is -2.23. The molecule has 0 aromatic heterocycles. The van der Waals surface area contributed by atoms with E-state index in [4.69, 9.17) is 10.5 Å². The molecular formula is C18H28N2O2. The van der Waals surface area contributed by atoms with Crippen LogP contribution in [0.1, 0.15) is 44.6 Å². The molecule has 1 amide bonds. The highest BCUT2D eigenvalue weighted by Crippen LogP contribution is 2.23. The minimum atomic E-state index is 0.209. The molecule has 1 aliphatic heterocycles. The molecule has 122 valence electrons. The summed E-state index contributed by atoms with van der Waals surface area (Å²) in [6.45, 7) is 4.11. The number of ether oxygens (including phenoxy) is 1. The summed E-state index contributed by atoms with van der Waals surface area (Å²) in [5.41, 5.74) is 6.77. The number of benzene rings is 1. The summed E-state index contributed by atoms with van der Waals surface area (Å²) in [7, 11) is 0. The Bertz CT molecular complexity index is 450. The van der Waals surface area contributed by atoms with Gasteiger partial charge in [0.25, 0.3) is 0 Å². The first kappa shape index (κ1) is 17.0. The number of hydrogen-bond donors (Lipinski definition) is 1. The molecule has 4 heteroatoms. The minimum absolute atomic E-state index is 0.209. The first-order valence-corrected chi connectivity index (χ1v) is 8.36. The van der Waals surface area contributed by atoms with Crippen molar-refractivity contribution in [2.24, 2.45) is 5.73 Å². The molecule has 1 aliphatic rings. The number of nitrogens with two attached hydrogens (primary N) is 1. The third-order valence-corrected chi connectivity index (χ3v) is 4.20. The SMILES string of the molecule is CC1CCC(CCC(=O)N(CCCN)Cc2ccccc2)O1. The first-order valence-electron chi connectivity index (χ1n) is 8.36. The summed E-state index contributed by atoms with van der Waals surface area (Å²) >= 11 is 0. The molecule has 2 N–H and O–H groups in total. The molecule has 1 fully saturated rings. The molecular weight excluding hydrogens is 276 g/mol. The molecule has 0 spiro atoms. The van der Waals surface area contributed by atoms with Crippen LogP contribution >= 0.6 is 0 Å². The van der Waals surface area contributed by atoms with Crippen molar-refractivity contribution in [3.8, 4) is 0 Å². The molecule has 1 heterocycles. The van der Waals surface area contributed by atoms with Crippen LogP contribution in [0.4, 0.5) is 0 Å². The first-order chi connectivity index (χ1) is 10.7. The Morgan fingerprint density at radius 1 is 1.32 bits per heavy atom. The van der Waals surface area contributed by atoms with Crippen LogP contribution in [0.15, 0.2) is 30.3 Å². The maximum atomic E-state index is 12.5. The van der Waals surface area contributed by atoms with Crippen LogP contribution in [0.25, 0.3) is 0 Å². The van der Waals surface area contributed by atoms with Crippen molar-refractivity contribution >= 4 is 5.91 Å². The Morgan fingerprint density at radius 2 is 2.09 bits per heavy atom. The minimum Gasteiger partial charge on any atom is -0.375 e. The smallest absolute Gasteiger partial charge is 0.222 e. The third kappa shape index (κ3) is 5.43. The predicted molar refractivity (Wildman–Crippen MR) is 88.3 cm³/mol. The van der Waals surface area contributed by atoms with Crippen molar-refractivity contribution in [3.05, 3.63) is 35.9 Å². The van der Waals surface area contributed by atoms with Crippen molar-refractivity contribution in [2.45, 2.75) is 57.8 Å². The third-order valence-electron chi connectivity index (χ3n) is 4.20. The van der Waals surface area contributed by atoms with E-state index in [2.05, 4.69) is 19.1 Å². The van der Waals surface area contributed by atoms with E-state index in [1.807, 2.05) is 23.1 Å². The summed E-state index contributed by atoms with van der Waals surface area (Å²) in [6, 6.07) is 10.1. The standard InChI is InChI=1S/C18H28N2O2/c1-15-8-9-17(22-15)10-11-18(21)20(13-5-12-19)14-16-6-3-2-4-7-16/h2-4,6-7,15,17H,5,8-14,19H2,1H3. The largest absolute Gasteiger partial charge is 0.375 e. The van der Waals surface area contributed by atoms with Gasteiger partial charge < -0.3 is 15.4 Å². The van der Waals surface area contributed by atoms with E-state index in [1.54, 1.807) is 0 Å². The van der Waals surface area contributed by atoms with Crippen LogP contribution in [0.5, 0.6) is 0 Å². The molecule has 0 bridgehead atoms. The Kier molecular flexibility index (Phi) is 6.87. The van der Waals surface area contributed by atoms with E-state index in [0.717, 1.165) is 32.2 Å². The zero-order valence-electron chi connectivity index (χ0n) is 13.5. The second kappa shape index (κ2) is 8.91. The summed E-state index contributed by atoms with van der Waals surface area (Å²) in [5.74, 6) is 0.209. The van der Waals surface area contributed by atoms with Crippen molar-refractivity contribution in [1.82, 2.24) is 4.90 Å². The van der Waals surface area contributed by atoms with Crippen LogP contribution in [-0.2, 0) is 16.1 Å². The van der Waals surface area contributed by atoms with Crippen LogP contribution < -0.4 is 5.73 Å². The Hall–Kier alpha value is -1.39. The Labute approximate surface area is 133 Å². The van der Waals surface area contributed by atoms with Gasteiger partial charge in [-0.15, -0.1) is 0 Å². The van der Waals surface area contributed by atoms with E-state index < -0.39 is 0 Å². The molecule has 1 aromatic rings. The van der Waals surface area contributed by atoms with Gasteiger partial charge in [-0.1, -0.05) is 30.3 Å². The molecule has 22 heavy (non-hydrogen) atoms. The van der Waals surface area contributed by atoms with Crippen LogP contribution in [0, 0.1) is 0 Å². The average Bonchev–Trinajstić information content (AvgIpc) is 2.95. The molecule has 2 rings (SSSR count). The second-order valence-corrected chi connectivity index (χ2v) is 6.13. The second-order valence-electron chi connectivity index (χ2n) is 6.13. The topological polar surface area (TPSA) is 55.6 Å². The van der Waals surface area contributed by atoms with Gasteiger partial charge in [0.2, 0.25) is 5.91 Å². The Balaban J connectivity index is 1.85. The fourth-order valence-electron chi connectivity index (χ4n) is 2.92. The summed E-state index contributed by atoms with van der Waals surface area (Å²) in [6.07, 6.45) is 5.03. The fourth-order valence-corrected chi connectivity index (χ4v) is 2.92. The number of hydrogen-bond acceptors (Lipinski definition) is 3. The van der Waals surface area contributed by atoms with Gasteiger partial charge in [-0.3, -0.25) is 4.79 Å². The van der Waals surface area contributed by atoms with Gasteiger partial charge in [0.15, 0.2) is 0 Å². The highest BCUT2D eigenvalue weighted by Gasteiger charge is 2.23. The van der Waals surface area contributed by atoms with Crippen molar-refractivity contribution in [2.75, 3.05) is 13.1 Å². The van der Waals surface area contributed by atoms with Crippen molar-refractivity contribution in [1.29, 1.82) is 0 Å². The zero-order chi connectivity index (χ0) is 15.8. The average molecular weight is 304 g/mol. The van der Waals surface area contributed by atoms with E-state index in [9.17, 15) is 4.79 Å². The maximum Gasteiger partial charge on any atom is 0.222 e. The molecule has 1 saturated heterocycles. The molecule has 0 aliphatic carbocycles. The van der Waals surface area contributed by atoms with Gasteiger partial charge in [-0.2, -0.15) is 0 Å². The normalized spacial score (nSPS) is 21.0. The fraction of sp³-hybridized carbons (Fsp3) is 0.611. The monoisotopic (exact) mass is 304 g/mol. The summed E-state index contributed by atoms with van der Waals surface area (Å²) < 4.78 is 5.80. The zero-order valence-corrected chi connectivity index (χ0v) is 13.5. The number of carbonyl (C=O) groups excluding carboxylic acids is 1. The number of amides is 1. The van der Waals surface area contributed by atoms with Gasteiger partial charge in [-0.05, 0) is 44.7 Å². The van der Waals surface area contributed by atoms with Crippen LogP contribution in [-0.4, -0.2) is 36.1 Å². The van der Waals surface area contributed by atoms with E-state index in [1.165, 1.54) is 5.56 Å². The van der Waals surface area contributed by atoms with Crippen LogP contribution in [0.2, 0.25) is 0 Å². The molecule has 2 atom stereocenters. The predicted octanol–water partition coefficient (Wildman–Crippen LogP) is 2.71. The van der Waals surface area contributed by atoms with E-state index in [-0.39, 0.29) is 12.0 Å². The highest BCUT2D eigenvalue weighted by atomic mass is 16.5. The van der Waals surface area contributed by atoms with Crippen molar-refractivity contribution < 1.29 is 9.53 Å². The molecule has 1 aromatic carbocycles. The lowest BCUT2D eigenvalue weighted by Crippen LogP contribution is -2.33. The molecule has 4 nitrogen and oxygen atoms in total. The number of rotatable bonds is 8. The number of nitrogens with zero attached hydrogens (tertiary/aromatic N) is 1. The van der Waals surface area contributed by atoms with Gasteiger partial charge in [-0.25, -0.2) is 0 Å². The van der Waals surface area contributed by atoms with Gasteiger partial charge in [0, 0.05) is 19.5 Å². The summed E-state index contributed by atoms with van der Waals surface area (Å²) in [5, 5.41) is 0. The molecule has 0 radical (unpaired) electrons. The number of carbonyl (C=O) groups is 1. The van der Waals surface area contributed by atoms with Crippen molar-refractivity contribution in [3.63, 3.8) is 0 Å². The van der Waals surface area contributed by atoms with Gasteiger partial charge in [0.1, 0.15) is 0 Å². The van der Waals surface area contributed by atoms with E-state index >= 15 is 0 Å². The highest BCUT2D eigenvalue weighted by molar-refractivity contribution is 5.76. The van der Waals surface area contributed by atoms with Crippen LogP contribution in [0.3, 0.4) is 0 Å². The molecule has 0 saturated carbocycles. The summed E-state index contributed by atoms with van der Waals surface area (Å²) in [4.78, 5) is 14.5. The molecule has 2 unspecified atom stereocenters.